The lowest BCUT2D eigenvalue weighted by Gasteiger charge is -2.41. The Morgan fingerprint density at radius 2 is 1.68 bits per heavy atom. The highest BCUT2D eigenvalue weighted by molar-refractivity contribution is 7.89. The van der Waals surface area contributed by atoms with Gasteiger partial charge in [0, 0.05) is 57.7 Å². The summed E-state index contributed by atoms with van der Waals surface area (Å²) < 4.78 is 31.4. The summed E-state index contributed by atoms with van der Waals surface area (Å²) in [6.07, 6.45) is 1.74. The van der Waals surface area contributed by atoms with Crippen LogP contribution >= 0.6 is 0 Å². The van der Waals surface area contributed by atoms with Crippen molar-refractivity contribution in [2.75, 3.05) is 51.6 Å². The zero-order valence-corrected chi connectivity index (χ0v) is 17.9. The molecule has 8 nitrogen and oxygen atoms in total. The summed E-state index contributed by atoms with van der Waals surface area (Å²) in [5.41, 5.74) is -0.179. The van der Waals surface area contributed by atoms with Crippen LogP contribution < -0.4 is 0 Å². The molecule has 0 N–H and O–H groups in total. The highest BCUT2D eigenvalue weighted by Gasteiger charge is 2.52. The van der Waals surface area contributed by atoms with Gasteiger partial charge in [0.2, 0.25) is 10.0 Å². The molecule has 2 saturated heterocycles. The van der Waals surface area contributed by atoms with Gasteiger partial charge in [0.25, 0.3) is 5.91 Å². The Morgan fingerprint density at radius 1 is 1.07 bits per heavy atom. The smallest absolute Gasteiger partial charge is 0.335 e. The molecule has 0 aromatic rings. The van der Waals surface area contributed by atoms with Crippen molar-refractivity contribution in [3.05, 3.63) is 11.1 Å². The number of sulfonamides is 1. The summed E-state index contributed by atoms with van der Waals surface area (Å²) in [6, 6.07) is 0. The van der Waals surface area contributed by atoms with E-state index in [0.717, 1.165) is 26.1 Å². The molecule has 0 atom stereocenters. The van der Waals surface area contributed by atoms with Crippen LogP contribution in [-0.2, 0) is 24.3 Å². The monoisotopic (exact) mass is 413 g/mol. The zero-order valence-electron chi connectivity index (χ0n) is 17.1. The minimum absolute atomic E-state index is 0.0441. The van der Waals surface area contributed by atoms with Crippen molar-refractivity contribution in [3.63, 3.8) is 0 Å². The molecular formula is C19H31N3O5S. The van der Waals surface area contributed by atoms with Gasteiger partial charge >= 0.3 is 5.97 Å². The molecule has 0 aromatic heterocycles. The summed E-state index contributed by atoms with van der Waals surface area (Å²) in [5, 5.41) is 0. The number of hydrogen-bond acceptors (Lipinski definition) is 6. The second-order valence-electron chi connectivity index (χ2n) is 7.82. The van der Waals surface area contributed by atoms with Gasteiger partial charge in [-0.1, -0.05) is 6.92 Å². The van der Waals surface area contributed by atoms with Crippen molar-refractivity contribution < 1.29 is 22.7 Å². The summed E-state index contributed by atoms with van der Waals surface area (Å²) in [4.78, 5) is 29.8. The largest absolute Gasteiger partial charge is 0.450 e. The predicted molar refractivity (Wildman–Crippen MR) is 105 cm³/mol. The number of piperazine rings is 1. The van der Waals surface area contributed by atoms with Crippen molar-refractivity contribution >= 4 is 21.9 Å². The lowest BCUT2D eigenvalue weighted by Crippen LogP contribution is -2.53. The molecule has 3 aliphatic heterocycles. The third-order valence-corrected chi connectivity index (χ3v) is 8.01. The summed E-state index contributed by atoms with van der Waals surface area (Å²) in [6.45, 7) is 9.88. The summed E-state index contributed by atoms with van der Waals surface area (Å²) in [7, 11) is -3.29. The number of ether oxygens (including phenoxy) is 1. The van der Waals surface area contributed by atoms with Gasteiger partial charge in [-0.05, 0) is 26.8 Å². The van der Waals surface area contributed by atoms with E-state index in [2.05, 4.69) is 11.8 Å². The fourth-order valence-corrected chi connectivity index (χ4v) is 5.52. The lowest BCUT2D eigenvalue weighted by atomic mass is 9.83. The maximum absolute atomic E-state index is 13.3. The van der Waals surface area contributed by atoms with Crippen molar-refractivity contribution in [1.82, 2.24) is 14.1 Å². The Kier molecular flexibility index (Phi) is 6.17. The first-order valence-electron chi connectivity index (χ1n) is 10.2. The van der Waals surface area contributed by atoms with E-state index < -0.39 is 21.6 Å². The Bertz CT molecular complexity index is 760. The summed E-state index contributed by atoms with van der Waals surface area (Å²) >= 11 is 0. The molecule has 28 heavy (non-hydrogen) atoms. The Balaban J connectivity index is 1.76. The van der Waals surface area contributed by atoms with Gasteiger partial charge in [0.05, 0.1) is 11.3 Å². The number of esters is 1. The number of rotatable bonds is 5. The van der Waals surface area contributed by atoms with Crippen LogP contribution in [0.15, 0.2) is 11.1 Å². The first kappa shape index (κ1) is 21.3. The summed E-state index contributed by atoms with van der Waals surface area (Å²) in [5.74, 6) is -0.547. The normalized spacial score (nSPS) is 24.1. The number of nitrogens with zero attached hydrogens (tertiary/aromatic N) is 3. The second kappa shape index (κ2) is 8.12. The molecule has 0 aliphatic carbocycles. The number of hydrogen-bond donors (Lipinski definition) is 0. The second-order valence-corrected chi connectivity index (χ2v) is 10.1. The molecule has 0 radical (unpaired) electrons. The highest BCUT2D eigenvalue weighted by atomic mass is 32.2. The Morgan fingerprint density at radius 3 is 2.21 bits per heavy atom. The van der Waals surface area contributed by atoms with Crippen molar-refractivity contribution in [3.8, 4) is 0 Å². The minimum atomic E-state index is -3.29. The number of amides is 1. The van der Waals surface area contributed by atoms with E-state index in [0.29, 0.717) is 37.1 Å². The van der Waals surface area contributed by atoms with Crippen LogP contribution in [0.5, 0.6) is 0 Å². The van der Waals surface area contributed by atoms with E-state index in [1.807, 2.05) is 4.90 Å². The maximum Gasteiger partial charge on any atom is 0.335 e. The average molecular weight is 414 g/mol. The molecule has 2 fully saturated rings. The molecule has 9 heteroatoms. The maximum atomic E-state index is 13.3. The number of piperidine rings is 1. The molecule has 3 rings (SSSR count). The molecule has 3 aliphatic rings. The van der Waals surface area contributed by atoms with Gasteiger partial charge in [0.15, 0.2) is 0 Å². The van der Waals surface area contributed by atoms with Crippen LogP contribution in [0.1, 0.15) is 40.0 Å². The van der Waals surface area contributed by atoms with Crippen molar-refractivity contribution in [2.24, 2.45) is 0 Å². The molecular weight excluding hydrogens is 382 g/mol. The molecule has 0 aromatic carbocycles. The molecule has 0 bridgehead atoms. The highest BCUT2D eigenvalue weighted by Crippen LogP contribution is 2.42. The van der Waals surface area contributed by atoms with E-state index in [1.165, 1.54) is 4.31 Å². The van der Waals surface area contributed by atoms with Gasteiger partial charge in [-0.15, -0.1) is 0 Å². The molecule has 0 saturated carbocycles. The average Bonchev–Trinajstić information content (AvgIpc) is 2.92. The molecule has 158 valence electrons. The van der Waals surface area contributed by atoms with Gasteiger partial charge in [-0.25, -0.2) is 17.5 Å². The topological polar surface area (TPSA) is 87.2 Å². The van der Waals surface area contributed by atoms with Crippen LogP contribution in [0.25, 0.3) is 0 Å². The SMILES string of the molecule is CCCN1CCN(C(=O)C2=C(C)C(=O)OC23CCN(S(=O)(=O)CC)CC3)CC1. The Hall–Kier alpha value is -1.45. The van der Waals surface area contributed by atoms with Gasteiger partial charge in [-0.2, -0.15) is 0 Å². The third-order valence-electron chi connectivity index (χ3n) is 6.13. The van der Waals surface area contributed by atoms with Crippen LogP contribution in [0.2, 0.25) is 0 Å². The number of carbonyl (C=O) groups is 2. The van der Waals surface area contributed by atoms with E-state index in [4.69, 9.17) is 4.74 Å². The van der Waals surface area contributed by atoms with Gasteiger partial charge in [0.1, 0.15) is 5.60 Å². The standard InChI is InChI=1S/C19H31N3O5S/c1-4-8-20-11-13-21(14-12-20)17(23)16-15(3)18(24)27-19(16)6-9-22(10-7-19)28(25,26)5-2/h4-14H2,1-3H3. The fourth-order valence-electron chi connectivity index (χ4n) is 4.41. The fraction of sp³-hybridized carbons (Fsp3) is 0.789. The van der Waals surface area contributed by atoms with Gasteiger partial charge < -0.3 is 9.64 Å². The van der Waals surface area contributed by atoms with Crippen LogP contribution in [0.3, 0.4) is 0 Å². The molecule has 3 heterocycles. The zero-order chi connectivity index (χ0) is 20.5. The van der Waals surface area contributed by atoms with E-state index >= 15 is 0 Å². The minimum Gasteiger partial charge on any atom is -0.450 e. The number of carbonyl (C=O) groups excluding carboxylic acids is 2. The lowest BCUT2D eigenvalue weighted by molar-refractivity contribution is -0.150. The van der Waals surface area contributed by atoms with E-state index in [9.17, 15) is 18.0 Å². The predicted octanol–water partition coefficient (Wildman–Crippen LogP) is 0.598. The van der Waals surface area contributed by atoms with Gasteiger partial charge in [-0.3, -0.25) is 9.69 Å². The van der Waals surface area contributed by atoms with Crippen molar-refractivity contribution in [1.29, 1.82) is 0 Å². The third kappa shape index (κ3) is 3.84. The van der Waals surface area contributed by atoms with Crippen LogP contribution in [0, 0.1) is 0 Å². The van der Waals surface area contributed by atoms with E-state index in [1.54, 1.807) is 13.8 Å². The van der Waals surface area contributed by atoms with Crippen molar-refractivity contribution in [2.45, 2.75) is 45.6 Å². The quantitative estimate of drug-likeness (QED) is 0.614. The molecule has 1 amide bonds. The van der Waals surface area contributed by atoms with E-state index in [-0.39, 0.29) is 24.7 Å². The van der Waals surface area contributed by atoms with Crippen LogP contribution in [0.4, 0.5) is 0 Å². The molecule has 0 unspecified atom stereocenters. The first-order valence-corrected chi connectivity index (χ1v) is 11.8. The first-order chi connectivity index (χ1) is 13.2. The van der Waals surface area contributed by atoms with Crippen LogP contribution in [-0.4, -0.2) is 91.6 Å². The molecule has 1 spiro atoms. The Labute approximate surface area is 167 Å².